The van der Waals surface area contributed by atoms with E-state index in [4.69, 9.17) is 0 Å². The van der Waals surface area contributed by atoms with Crippen molar-refractivity contribution in [3.05, 3.63) is 18.0 Å². The van der Waals surface area contributed by atoms with E-state index in [9.17, 15) is 8.42 Å². The van der Waals surface area contributed by atoms with Crippen molar-refractivity contribution in [2.75, 3.05) is 7.05 Å². The molecule has 2 N–H and O–H groups in total. The molecule has 1 aliphatic rings. The molecule has 0 spiro atoms. The predicted octanol–water partition coefficient (Wildman–Crippen LogP) is 1.69. The normalized spacial score (nSPS) is 17.1. The SMILES string of the molecule is CC(C)NCc1cc(S(=O)(=O)N(C)C2CCC2)c[nH]1. The minimum Gasteiger partial charge on any atom is -0.363 e. The molecule has 108 valence electrons. The zero-order valence-corrected chi connectivity index (χ0v) is 12.6. The lowest BCUT2D eigenvalue weighted by Crippen LogP contribution is -2.41. The first kappa shape index (κ1) is 14.6. The fourth-order valence-corrected chi connectivity index (χ4v) is 3.53. The van der Waals surface area contributed by atoms with Gasteiger partial charge in [0.15, 0.2) is 0 Å². The van der Waals surface area contributed by atoms with E-state index in [0.29, 0.717) is 17.5 Å². The summed E-state index contributed by atoms with van der Waals surface area (Å²) >= 11 is 0. The lowest BCUT2D eigenvalue weighted by molar-refractivity contribution is 0.249. The van der Waals surface area contributed by atoms with Crippen LogP contribution in [0.25, 0.3) is 0 Å². The van der Waals surface area contributed by atoms with E-state index in [0.717, 1.165) is 25.0 Å². The van der Waals surface area contributed by atoms with Crippen molar-refractivity contribution in [3.8, 4) is 0 Å². The van der Waals surface area contributed by atoms with Gasteiger partial charge in [0.25, 0.3) is 0 Å². The molecule has 0 saturated heterocycles. The van der Waals surface area contributed by atoms with Gasteiger partial charge in [-0.2, -0.15) is 4.31 Å². The number of nitrogens with zero attached hydrogens (tertiary/aromatic N) is 1. The van der Waals surface area contributed by atoms with Crippen molar-refractivity contribution in [2.45, 2.75) is 56.6 Å². The lowest BCUT2D eigenvalue weighted by Gasteiger charge is -2.33. The van der Waals surface area contributed by atoms with E-state index in [1.807, 2.05) is 0 Å². The molecule has 0 aliphatic heterocycles. The zero-order valence-electron chi connectivity index (χ0n) is 11.8. The molecule has 0 bridgehead atoms. The largest absolute Gasteiger partial charge is 0.363 e. The zero-order chi connectivity index (χ0) is 14.0. The molecule has 6 heteroatoms. The van der Waals surface area contributed by atoms with Gasteiger partial charge in [0.1, 0.15) is 0 Å². The first-order chi connectivity index (χ1) is 8.91. The molecule has 0 radical (unpaired) electrons. The Hall–Kier alpha value is -0.850. The van der Waals surface area contributed by atoms with Crippen molar-refractivity contribution in [1.82, 2.24) is 14.6 Å². The van der Waals surface area contributed by atoms with Crippen LogP contribution in [0, 0.1) is 0 Å². The molecule has 1 aliphatic carbocycles. The Morgan fingerprint density at radius 2 is 2.16 bits per heavy atom. The monoisotopic (exact) mass is 285 g/mol. The number of H-pyrrole nitrogens is 1. The third-order valence-electron chi connectivity index (χ3n) is 3.68. The highest BCUT2D eigenvalue weighted by Crippen LogP contribution is 2.28. The van der Waals surface area contributed by atoms with Crippen LogP contribution in [-0.4, -0.2) is 36.8 Å². The summed E-state index contributed by atoms with van der Waals surface area (Å²) in [4.78, 5) is 3.39. The van der Waals surface area contributed by atoms with E-state index in [1.165, 1.54) is 4.31 Å². The minimum absolute atomic E-state index is 0.178. The van der Waals surface area contributed by atoms with E-state index < -0.39 is 10.0 Å². The quantitative estimate of drug-likeness (QED) is 0.836. The van der Waals surface area contributed by atoms with Crippen LogP contribution in [0.2, 0.25) is 0 Å². The second kappa shape index (κ2) is 5.64. The third kappa shape index (κ3) is 3.19. The lowest BCUT2D eigenvalue weighted by atomic mass is 9.94. The highest BCUT2D eigenvalue weighted by atomic mass is 32.2. The Morgan fingerprint density at radius 3 is 2.68 bits per heavy atom. The van der Waals surface area contributed by atoms with E-state index >= 15 is 0 Å². The average Bonchev–Trinajstić information content (AvgIpc) is 2.72. The number of hydrogen-bond donors (Lipinski definition) is 2. The second-order valence-corrected chi connectivity index (χ2v) is 7.50. The molecule has 1 aromatic rings. The number of sulfonamides is 1. The first-order valence-electron chi connectivity index (χ1n) is 6.80. The second-order valence-electron chi connectivity index (χ2n) is 5.50. The summed E-state index contributed by atoms with van der Waals surface area (Å²) < 4.78 is 26.3. The Bertz CT molecular complexity index is 518. The summed E-state index contributed by atoms with van der Waals surface area (Å²) in [5, 5.41) is 3.26. The summed E-state index contributed by atoms with van der Waals surface area (Å²) in [5.74, 6) is 0. The van der Waals surface area contributed by atoms with E-state index in [-0.39, 0.29) is 6.04 Å². The Balaban J connectivity index is 2.08. The van der Waals surface area contributed by atoms with Gasteiger partial charge >= 0.3 is 0 Å². The van der Waals surface area contributed by atoms with Crippen LogP contribution in [0.3, 0.4) is 0 Å². The summed E-state index contributed by atoms with van der Waals surface area (Å²) in [6, 6.07) is 2.28. The smallest absolute Gasteiger partial charge is 0.244 e. The van der Waals surface area contributed by atoms with Crippen molar-refractivity contribution in [3.63, 3.8) is 0 Å². The molecule has 0 amide bonds. The van der Waals surface area contributed by atoms with Crippen molar-refractivity contribution < 1.29 is 8.42 Å². The molecule has 19 heavy (non-hydrogen) atoms. The number of aromatic nitrogens is 1. The van der Waals surface area contributed by atoms with Crippen molar-refractivity contribution >= 4 is 10.0 Å². The van der Waals surface area contributed by atoms with Crippen LogP contribution in [0.1, 0.15) is 38.8 Å². The van der Waals surface area contributed by atoms with Gasteiger partial charge in [-0.25, -0.2) is 8.42 Å². The van der Waals surface area contributed by atoms with E-state index in [2.05, 4.69) is 24.1 Å². The number of nitrogens with one attached hydrogen (secondary N) is 2. The van der Waals surface area contributed by atoms with Crippen LogP contribution in [0.4, 0.5) is 0 Å². The minimum atomic E-state index is -3.34. The molecule has 2 rings (SSSR count). The summed E-state index contributed by atoms with van der Waals surface area (Å²) in [5.41, 5.74) is 0.897. The Morgan fingerprint density at radius 1 is 1.47 bits per heavy atom. The summed E-state index contributed by atoms with van der Waals surface area (Å²) in [6.07, 6.45) is 4.66. The van der Waals surface area contributed by atoms with Gasteiger partial charge in [-0.15, -0.1) is 0 Å². The maximum absolute atomic E-state index is 12.4. The first-order valence-corrected chi connectivity index (χ1v) is 8.24. The number of hydrogen-bond acceptors (Lipinski definition) is 3. The van der Waals surface area contributed by atoms with Gasteiger partial charge in [-0.05, 0) is 18.9 Å². The van der Waals surface area contributed by atoms with Crippen LogP contribution >= 0.6 is 0 Å². The number of rotatable bonds is 6. The van der Waals surface area contributed by atoms with Crippen LogP contribution in [-0.2, 0) is 16.6 Å². The molecule has 1 fully saturated rings. The van der Waals surface area contributed by atoms with Gasteiger partial charge in [0.05, 0.1) is 4.90 Å². The average molecular weight is 285 g/mol. The highest BCUT2D eigenvalue weighted by Gasteiger charge is 2.32. The standard InChI is InChI=1S/C13H23N3O2S/c1-10(2)14-8-11-7-13(9-15-11)19(17,18)16(3)12-5-4-6-12/h7,9-10,12,14-15H,4-6,8H2,1-3H3. The topological polar surface area (TPSA) is 65.2 Å². The molecule has 0 atom stereocenters. The maximum Gasteiger partial charge on any atom is 0.244 e. The summed E-state index contributed by atoms with van der Waals surface area (Å²) in [7, 11) is -1.66. The number of aromatic amines is 1. The fourth-order valence-electron chi connectivity index (χ4n) is 2.10. The van der Waals surface area contributed by atoms with Gasteiger partial charge < -0.3 is 10.3 Å². The van der Waals surface area contributed by atoms with Gasteiger partial charge in [0, 0.05) is 37.6 Å². The van der Waals surface area contributed by atoms with Crippen LogP contribution in [0.15, 0.2) is 17.2 Å². The Kier molecular flexibility index (Phi) is 4.32. The molecule has 1 aromatic heterocycles. The maximum atomic E-state index is 12.4. The fraction of sp³-hybridized carbons (Fsp3) is 0.692. The van der Waals surface area contributed by atoms with Crippen molar-refractivity contribution in [2.24, 2.45) is 0 Å². The molecule has 0 unspecified atom stereocenters. The molecular formula is C13H23N3O2S. The summed E-state index contributed by atoms with van der Waals surface area (Å²) in [6.45, 7) is 4.77. The predicted molar refractivity (Wildman–Crippen MR) is 75.4 cm³/mol. The van der Waals surface area contributed by atoms with Gasteiger partial charge in [-0.3, -0.25) is 0 Å². The van der Waals surface area contributed by atoms with E-state index in [1.54, 1.807) is 19.3 Å². The van der Waals surface area contributed by atoms with Gasteiger partial charge in [0.2, 0.25) is 10.0 Å². The molecule has 1 heterocycles. The highest BCUT2D eigenvalue weighted by molar-refractivity contribution is 7.89. The molecule has 0 aromatic carbocycles. The van der Waals surface area contributed by atoms with Crippen molar-refractivity contribution in [1.29, 1.82) is 0 Å². The van der Waals surface area contributed by atoms with Crippen LogP contribution < -0.4 is 5.32 Å². The third-order valence-corrected chi connectivity index (χ3v) is 5.57. The molecule has 5 nitrogen and oxygen atoms in total. The molecule has 1 saturated carbocycles. The molecular weight excluding hydrogens is 262 g/mol. The Labute approximate surface area is 115 Å². The van der Waals surface area contributed by atoms with Gasteiger partial charge in [-0.1, -0.05) is 20.3 Å². The van der Waals surface area contributed by atoms with Crippen LogP contribution in [0.5, 0.6) is 0 Å².